The van der Waals surface area contributed by atoms with Crippen LogP contribution in [0.2, 0.25) is 0 Å². The molecule has 0 spiro atoms. The van der Waals surface area contributed by atoms with Gasteiger partial charge in [0.1, 0.15) is 0 Å². The van der Waals surface area contributed by atoms with Crippen LogP contribution in [0.1, 0.15) is 31.2 Å². The Morgan fingerprint density at radius 3 is 2.57 bits per heavy atom. The van der Waals surface area contributed by atoms with Crippen LogP contribution in [-0.4, -0.2) is 41.4 Å². The summed E-state index contributed by atoms with van der Waals surface area (Å²) in [4.78, 5) is 15.5. The second-order valence-corrected chi connectivity index (χ2v) is 9.34. The number of amides is 1. The molecular formula is C24H30N2OS. The number of likely N-dealkylation sites (tertiary alicyclic amines) is 1. The molecular weight excluding hydrogens is 364 g/mol. The lowest BCUT2D eigenvalue weighted by atomic mass is 9.94. The number of rotatable bonds is 4. The Morgan fingerprint density at radius 2 is 1.79 bits per heavy atom. The van der Waals surface area contributed by atoms with Gasteiger partial charge in [0.25, 0.3) is 0 Å². The van der Waals surface area contributed by atoms with Crippen LogP contribution in [0.3, 0.4) is 0 Å². The average molecular weight is 395 g/mol. The molecule has 2 saturated heterocycles. The van der Waals surface area contributed by atoms with E-state index < -0.39 is 0 Å². The molecule has 2 fully saturated rings. The molecule has 0 aliphatic carbocycles. The Kier molecular flexibility index (Phi) is 6.38. The Balaban J connectivity index is 1.41. The number of nitrogens with one attached hydrogen (secondary N) is 1. The average Bonchev–Trinajstić information content (AvgIpc) is 2.75. The van der Waals surface area contributed by atoms with Crippen molar-refractivity contribution >= 4 is 23.4 Å². The van der Waals surface area contributed by atoms with Crippen LogP contribution < -0.4 is 5.32 Å². The van der Waals surface area contributed by atoms with Crippen molar-refractivity contribution in [2.45, 2.75) is 38.6 Å². The maximum atomic E-state index is 13.0. The topological polar surface area (TPSA) is 32.3 Å². The lowest BCUT2D eigenvalue weighted by Crippen LogP contribution is -2.47. The van der Waals surface area contributed by atoms with Gasteiger partial charge >= 0.3 is 0 Å². The first kappa shape index (κ1) is 19.5. The van der Waals surface area contributed by atoms with E-state index >= 15 is 0 Å². The predicted molar refractivity (Wildman–Crippen MR) is 120 cm³/mol. The van der Waals surface area contributed by atoms with Crippen molar-refractivity contribution in [2.24, 2.45) is 5.92 Å². The minimum absolute atomic E-state index is 0.103. The molecule has 2 aliphatic heterocycles. The molecule has 2 heterocycles. The van der Waals surface area contributed by atoms with E-state index in [9.17, 15) is 4.79 Å². The van der Waals surface area contributed by atoms with Crippen molar-refractivity contribution in [3.8, 4) is 11.1 Å². The van der Waals surface area contributed by atoms with Crippen molar-refractivity contribution in [1.82, 2.24) is 4.90 Å². The number of hydrogen-bond donors (Lipinski definition) is 1. The van der Waals surface area contributed by atoms with Gasteiger partial charge in [0.05, 0.1) is 5.92 Å². The molecule has 2 aromatic carbocycles. The lowest BCUT2D eigenvalue weighted by molar-refractivity contribution is -0.121. The highest BCUT2D eigenvalue weighted by molar-refractivity contribution is 7.99. The summed E-state index contributed by atoms with van der Waals surface area (Å²) >= 11 is 2.07. The highest BCUT2D eigenvalue weighted by Crippen LogP contribution is 2.28. The van der Waals surface area contributed by atoms with E-state index in [-0.39, 0.29) is 11.8 Å². The summed E-state index contributed by atoms with van der Waals surface area (Å²) in [5.74, 6) is 2.82. The quantitative estimate of drug-likeness (QED) is 0.773. The van der Waals surface area contributed by atoms with Crippen molar-refractivity contribution in [1.29, 1.82) is 0 Å². The van der Waals surface area contributed by atoms with Crippen molar-refractivity contribution in [3.63, 3.8) is 0 Å². The number of hydrogen-bond acceptors (Lipinski definition) is 3. The van der Waals surface area contributed by atoms with E-state index in [1.807, 2.05) is 12.1 Å². The normalized spacial score (nSPS) is 21.4. The number of carbonyl (C=O) groups is 1. The third-order valence-corrected chi connectivity index (χ3v) is 7.06. The zero-order valence-corrected chi connectivity index (χ0v) is 17.5. The second-order valence-electron chi connectivity index (χ2n) is 8.12. The first-order chi connectivity index (χ1) is 13.7. The second kappa shape index (κ2) is 9.15. The van der Waals surface area contributed by atoms with E-state index in [1.54, 1.807) is 0 Å². The van der Waals surface area contributed by atoms with E-state index in [1.165, 1.54) is 35.5 Å². The van der Waals surface area contributed by atoms with Gasteiger partial charge in [-0.25, -0.2) is 0 Å². The third kappa shape index (κ3) is 4.79. The molecule has 0 aromatic heterocycles. The number of benzene rings is 2. The van der Waals surface area contributed by atoms with Gasteiger partial charge in [0.15, 0.2) is 0 Å². The monoisotopic (exact) mass is 394 g/mol. The highest BCUT2D eigenvalue weighted by Gasteiger charge is 2.30. The van der Waals surface area contributed by atoms with Crippen molar-refractivity contribution in [3.05, 3.63) is 54.1 Å². The fraction of sp³-hybridized carbons (Fsp3) is 0.458. The predicted octanol–water partition coefficient (Wildman–Crippen LogP) is 5.21. The van der Waals surface area contributed by atoms with Gasteiger partial charge in [-0.05, 0) is 73.9 Å². The lowest BCUT2D eigenvalue weighted by Gasteiger charge is -2.39. The molecule has 1 amide bonds. The van der Waals surface area contributed by atoms with Crippen LogP contribution in [0.25, 0.3) is 11.1 Å². The summed E-state index contributed by atoms with van der Waals surface area (Å²) in [6, 6.07) is 17.4. The molecule has 0 bridgehead atoms. The molecule has 4 heteroatoms. The molecule has 4 rings (SSSR count). The van der Waals surface area contributed by atoms with Crippen LogP contribution in [0.15, 0.2) is 48.5 Å². The van der Waals surface area contributed by atoms with Crippen LogP contribution >= 0.6 is 11.8 Å². The van der Waals surface area contributed by atoms with Crippen LogP contribution in [-0.2, 0) is 4.79 Å². The smallest absolute Gasteiger partial charge is 0.228 e. The van der Waals surface area contributed by atoms with Gasteiger partial charge in [0, 0.05) is 18.3 Å². The number of piperidine rings is 1. The first-order valence-electron chi connectivity index (χ1n) is 10.5. The summed E-state index contributed by atoms with van der Waals surface area (Å²) in [6.45, 7) is 4.18. The van der Waals surface area contributed by atoms with E-state index in [0.29, 0.717) is 6.04 Å². The molecule has 148 valence electrons. The van der Waals surface area contributed by atoms with Gasteiger partial charge in [0.2, 0.25) is 5.91 Å². The zero-order chi connectivity index (χ0) is 19.3. The standard InChI is InChI=1S/C24H30N2OS/c1-18-5-2-6-19(15-18)20-7-3-9-22(16-20)25-24(27)21-8-4-12-26(17-21)23-10-13-28-14-11-23/h2-3,5-7,9,15-16,21,23H,4,8,10-14,17H2,1H3,(H,25,27)/t21-/m0/s1. The van der Waals surface area contributed by atoms with Crippen LogP contribution in [0, 0.1) is 12.8 Å². The van der Waals surface area contributed by atoms with Crippen molar-refractivity contribution < 1.29 is 4.79 Å². The molecule has 3 nitrogen and oxygen atoms in total. The summed E-state index contributed by atoms with van der Waals surface area (Å²) in [5.41, 5.74) is 4.48. The number of nitrogens with zero attached hydrogens (tertiary/aromatic N) is 1. The van der Waals surface area contributed by atoms with E-state index in [0.717, 1.165) is 37.2 Å². The molecule has 1 N–H and O–H groups in total. The summed E-state index contributed by atoms with van der Waals surface area (Å²) < 4.78 is 0. The Hall–Kier alpha value is -1.78. The van der Waals surface area contributed by atoms with E-state index in [4.69, 9.17) is 0 Å². The Morgan fingerprint density at radius 1 is 1.04 bits per heavy atom. The maximum Gasteiger partial charge on any atom is 0.228 e. The van der Waals surface area contributed by atoms with E-state index in [2.05, 4.69) is 65.3 Å². The fourth-order valence-corrected chi connectivity index (χ4v) is 5.53. The SMILES string of the molecule is Cc1cccc(-c2cccc(NC(=O)[C@H]3CCCN(C4CCSCC4)C3)c2)c1. The molecule has 28 heavy (non-hydrogen) atoms. The van der Waals surface area contributed by atoms with Gasteiger partial charge in [-0.1, -0.05) is 42.0 Å². The summed E-state index contributed by atoms with van der Waals surface area (Å²) in [5, 5.41) is 3.19. The third-order valence-electron chi connectivity index (χ3n) is 6.01. The highest BCUT2D eigenvalue weighted by atomic mass is 32.2. The molecule has 0 radical (unpaired) electrons. The van der Waals surface area contributed by atoms with Crippen LogP contribution in [0.4, 0.5) is 5.69 Å². The Bertz CT molecular complexity index is 816. The number of anilines is 1. The summed E-state index contributed by atoms with van der Waals surface area (Å²) in [7, 11) is 0. The minimum Gasteiger partial charge on any atom is -0.326 e. The van der Waals surface area contributed by atoms with Gasteiger partial charge in [-0.15, -0.1) is 0 Å². The number of aryl methyl sites for hydroxylation is 1. The maximum absolute atomic E-state index is 13.0. The zero-order valence-electron chi connectivity index (χ0n) is 16.7. The largest absolute Gasteiger partial charge is 0.326 e. The molecule has 1 atom stereocenters. The fourth-order valence-electron chi connectivity index (χ4n) is 4.45. The minimum atomic E-state index is 0.103. The van der Waals surface area contributed by atoms with Gasteiger partial charge in [-0.3, -0.25) is 9.69 Å². The first-order valence-corrected chi connectivity index (χ1v) is 11.6. The molecule has 2 aliphatic rings. The molecule has 2 aromatic rings. The molecule has 0 unspecified atom stereocenters. The number of carbonyl (C=O) groups excluding carboxylic acids is 1. The van der Waals surface area contributed by atoms with Crippen LogP contribution in [0.5, 0.6) is 0 Å². The molecule has 0 saturated carbocycles. The number of thioether (sulfide) groups is 1. The Labute approximate surface area is 172 Å². The summed E-state index contributed by atoms with van der Waals surface area (Å²) in [6.07, 6.45) is 4.68. The van der Waals surface area contributed by atoms with Crippen molar-refractivity contribution in [2.75, 3.05) is 29.9 Å². The van der Waals surface area contributed by atoms with Gasteiger partial charge < -0.3 is 5.32 Å². The van der Waals surface area contributed by atoms with Gasteiger partial charge in [-0.2, -0.15) is 11.8 Å².